The second-order valence-electron chi connectivity index (χ2n) is 8.10. The summed E-state index contributed by atoms with van der Waals surface area (Å²) in [6.07, 6.45) is 4.49. The van der Waals surface area contributed by atoms with Crippen molar-refractivity contribution in [2.24, 2.45) is 0 Å². The Morgan fingerprint density at radius 1 is 0.778 bits per heavy atom. The van der Waals surface area contributed by atoms with E-state index in [1.54, 1.807) is 63.0 Å². The summed E-state index contributed by atoms with van der Waals surface area (Å²) in [5, 5.41) is 0. The quantitative estimate of drug-likeness (QED) is 0.358. The lowest BCUT2D eigenvalue weighted by Crippen LogP contribution is -2.18. The molecule has 0 aliphatic rings. The van der Waals surface area contributed by atoms with Crippen LogP contribution in [0.25, 0.3) is 0 Å². The zero-order valence-electron chi connectivity index (χ0n) is 19.9. The number of pyridine rings is 3. The van der Waals surface area contributed by atoms with Crippen molar-refractivity contribution < 1.29 is 22.3 Å². The van der Waals surface area contributed by atoms with Gasteiger partial charge in [-0.25, -0.2) is 27.8 Å². The number of nitrogens with one attached hydrogen (secondary N) is 1. The third-order valence-corrected chi connectivity index (χ3v) is 6.18. The number of aromatic nitrogens is 3. The van der Waals surface area contributed by atoms with Crippen molar-refractivity contribution in [2.75, 3.05) is 25.2 Å². The number of halogens is 1. The monoisotopic (exact) mass is 508 g/mol. The molecule has 4 rings (SSSR count). The fourth-order valence-electron chi connectivity index (χ4n) is 4.05. The van der Waals surface area contributed by atoms with E-state index in [9.17, 15) is 12.8 Å². The van der Waals surface area contributed by atoms with Gasteiger partial charge in [0.05, 0.1) is 26.2 Å². The minimum atomic E-state index is -3.54. The summed E-state index contributed by atoms with van der Waals surface area (Å²) >= 11 is 0. The van der Waals surface area contributed by atoms with Gasteiger partial charge in [0.2, 0.25) is 21.8 Å². The van der Waals surface area contributed by atoms with Crippen molar-refractivity contribution in [3.63, 3.8) is 0 Å². The largest absolute Gasteiger partial charge is 0.481 e. The SMILES string of the molecule is COc1ccc(C(c2ccc(OC)nc2)C(c2ccc(F)cc2)c2cccc(NS(C)(=O)=O)n2)cn1. The minimum Gasteiger partial charge on any atom is -0.481 e. The topological polar surface area (TPSA) is 103 Å². The summed E-state index contributed by atoms with van der Waals surface area (Å²) in [5.41, 5.74) is 3.02. The zero-order valence-corrected chi connectivity index (χ0v) is 20.7. The molecule has 1 atom stereocenters. The number of rotatable bonds is 9. The number of hydrogen-bond donors (Lipinski definition) is 1. The normalized spacial score (nSPS) is 12.2. The molecule has 1 unspecified atom stereocenters. The van der Waals surface area contributed by atoms with Crippen LogP contribution in [-0.2, 0) is 10.0 Å². The third kappa shape index (κ3) is 5.95. The summed E-state index contributed by atoms with van der Waals surface area (Å²) in [6.45, 7) is 0. The van der Waals surface area contributed by atoms with Gasteiger partial charge in [-0.15, -0.1) is 0 Å². The van der Waals surface area contributed by atoms with Crippen molar-refractivity contribution in [3.8, 4) is 11.8 Å². The van der Waals surface area contributed by atoms with Crippen LogP contribution in [0, 0.1) is 5.82 Å². The van der Waals surface area contributed by atoms with Gasteiger partial charge < -0.3 is 9.47 Å². The van der Waals surface area contributed by atoms with E-state index in [4.69, 9.17) is 9.47 Å². The number of methoxy groups -OCH3 is 2. The molecule has 0 saturated heterocycles. The summed E-state index contributed by atoms with van der Waals surface area (Å²) < 4.78 is 50.5. The highest BCUT2D eigenvalue weighted by Crippen LogP contribution is 2.42. The molecule has 3 heterocycles. The molecule has 0 radical (unpaired) electrons. The number of ether oxygens (including phenoxy) is 2. The predicted molar refractivity (Wildman–Crippen MR) is 134 cm³/mol. The third-order valence-electron chi connectivity index (χ3n) is 5.60. The van der Waals surface area contributed by atoms with Crippen LogP contribution in [0.1, 0.15) is 34.2 Å². The average Bonchev–Trinajstić information content (AvgIpc) is 2.87. The predicted octanol–water partition coefficient (Wildman–Crippen LogP) is 4.36. The summed E-state index contributed by atoms with van der Waals surface area (Å²) in [5.74, 6) is -0.0822. The lowest BCUT2D eigenvalue weighted by atomic mass is 9.76. The molecule has 10 heteroatoms. The van der Waals surface area contributed by atoms with E-state index in [1.807, 2.05) is 18.2 Å². The Kier molecular flexibility index (Phi) is 7.44. The second kappa shape index (κ2) is 10.7. The molecule has 1 aromatic carbocycles. The van der Waals surface area contributed by atoms with Gasteiger partial charge in [0.1, 0.15) is 11.6 Å². The minimum absolute atomic E-state index is 0.182. The van der Waals surface area contributed by atoms with E-state index in [-0.39, 0.29) is 17.6 Å². The van der Waals surface area contributed by atoms with Gasteiger partial charge in [-0.3, -0.25) is 4.72 Å². The molecule has 0 spiro atoms. The van der Waals surface area contributed by atoms with Crippen LogP contribution < -0.4 is 14.2 Å². The maximum absolute atomic E-state index is 13.9. The molecule has 8 nitrogen and oxygen atoms in total. The molecule has 1 N–H and O–H groups in total. The van der Waals surface area contributed by atoms with Crippen molar-refractivity contribution in [1.82, 2.24) is 15.0 Å². The number of benzene rings is 1. The Labute approximate surface area is 209 Å². The lowest BCUT2D eigenvalue weighted by Gasteiger charge is -2.28. The van der Waals surface area contributed by atoms with Crippen molar-refractivity contribution in [3.05, 3.63) is 107 Å². The Morgan fingerprint density at radius 2 is 1.33 bits per heavy atom. The standard InChI is InChI=1S/C26H25FN4O4S/c1-34-23-13-9-18(15-28-23)25(19-10-14-24(35-2)29-16-19)26(17-7-11-20(27)12-8-17)21-5-4-6-22(30-21)31-36(3,32)33/h4-16,25-26H,1-3H3,(H,30,31). The van der Waals surface area contributed by atoms with E-state index in [1.165, 1.54) is 12.1 Å². The molecule has 0 fully saturated rings. The fourth-order valence-corrected chi connectivity index (χ4v) is 4.54. The number of sulfonamides is 1. The molecule has 3 aromatic heterocycles. The van der Waals surface area contributed by atoms with Crippen LogP contribution in [0.15, 0.2) is 79.1 Å². The van der Waals surface area contributed by atoms with Crippen molar-refractivity contribution in [2.45, 2.75) is 11.8 Å². The molecule has 0 saturated carbocycles. The highest BCUT2D eigenvalue weighted by Gasteiger charge is 2.30. The van der Waals surface area contributed by atoms with Crippen LogP contribution in [0.4, 0.5) is 10.2 Å². The second-order valence-corrected chi connectivity index (χ2v) is 9.85. The first-order valence-corrected chi connectivity index (χ1v) is 12.9. The summed E-state index contributed by atoms with van der Waals surface area (Å²) in [6, 6.07) is 18.6. The highest BCUT2D eigenvalue weighted by atomic mass is 32.2. The molecule has 0 aliphatic carbocycles. The van der Waals surface area contributed by atoms with Crippen LogP contribution in [0.5, 0.6) is 11.8 Å². The fraction of sp³-hybridized carbons (Fsp3) is 0.192. The molecular formula is C26H25FN4O4S. The van der Waals surface area contributed by atoms with E-state index in [0.717, 1.165) is 22.9 Å². The Morgan fingerprint density at radius 3 is 1.81 bits per heavy atom. The van der Waals surface area contributed by atoms with E-state index in [2.05, 4.69) is 19.7 Å². The molecule has 0 aliphatic heterocycles. The highest BCUT2D eigenvalue weighted by molar-refractivity contribution is 7.92. The van der Waals surface area contributed by atoms with Gasteiger partial charge in [0, 0.05) is 36.4 Å². The van der Waals surface area contributed by atoms with Crippen LogP contribution in [0.3, 0.4) is 0 Å². The average molecular weight is 509 g/mol. The van der Waals surface area contributed by atoms with Gasteiger partial charge in [-0.1, -0.05) is 30.3 Å². The van der Waals surface area contributed by atoms with E-state index in [0.29, 0.717) is 17.5 Å². The van der Waals surface area contributed by atoms with E-state index < -0.39 is 15.9 Å². The van der Waals surface area contributed by atoms with Crippen molar-refractivity contribution in [1.29, 1.82) is 0 Å². The first kappa shape index (κ1) is 25.1. The van der Waals surface area contributed by atoms with Crippen LogP contribution in [0.2, 0.25) is 0 Å². The maximum Gasteiger partial charge on any atom is 0.230 e. The van der Waals surface area contributed by atoms with Gasteiger partial charge in [-0.2, -0.15) is 0 Å². The smallest absolute Gasteiger partial charge is 0.230 e. The van der Waals surface area contributed by atoms with Gasteiger partial charge in [0.25, 0.3) is 0 Å². The molecule has 0 amide bonds. The Hall–Kier alpha value is -4.05. The first-order valence-electron chi connectivity index (χ1n) is 11.0. The van der Waals surface area contributed by atoms with Gasteiger partial charge in [0.15, 0.2) is 0 Å². The number of anilines is 1. The van der Waals surface area contributed by atoms with Gasteiger partial charge in [-0.05, 0) is 41.0 Å². The molecule has 186 valence electrons. The molecule has 36 heavy (non-hydrogen) atoms. The maximum atomic E-state index is 13.9. The summed E-state index contributed by atoms with van der Waals surface area (Å²) in [7, 11) is -0.460. The Bertz CT molecular complexity index is 1370. The number of hydrogen-bond acceptors (Lipinski definition) is 7. The number of nitrogens with zero attached hydrogens (tertiary/aromatic N) is 3. The van der Waals surface area contributed by atoms with Crippen LogP contribution in [-0.4, -0.2) is 43.8 Å². The molecule has 4 aromatic rings. The zero-order chi connectivity index (χ0) is 25.7. The van der Waals surface area contributed by atoms with Crippen molar-refractivity contribution >= 4 is 15.8 Å². The first-order chi connectivity index (χ1) is 17.3. The summed E-state index contributed by atoms with van der Waals surface area (Å²) in [4.78, 5) is 13.4. The van der Waals surface area contributed by atoms with Crippen LogP contribution >= 0.6 is 0 Å². The van der Waals surface area contributed by atoms with Gasteiger partial charge >= 0.3 is 0 Å². The van der Waals surface area contributed by atoms with E-state index >= 15 is 0 Å². The molecular weight excluding hydrogens is 483 g/mol. The lowest BCUT2D eigenvalue weighted by molar-refractivity contribution is 0.397. The molecule has 0 bridgehead atoms. The Balaban J connectivity index is 1.93.